The maximum absolute atomic E-state index is 5.60. The van der Waals surface area contributed by atoms with Crippen LogP contribution in [0.15, 0.2) is 24.5 Å². The zero-order valence-corrected chi connectivity index (χ0v) is 11.3. The van der Waals surface area contributed by atoms with Gasteiger partial charge in [0.25, 0.3) is 0 Å². The average Bonchev–Trinajstić information content (AvgIpc) is 2.76. The molecule has 1 aromatic rings. The lowest BCUT2D eigenvalue weighted by atomic mass is 10.2. The third-order valence-electron chi connectivity index (χ3n) is 2.60. The van der Waals surface area contributed by atoms with Gasteiger partial charge >= 0.3 is 0 Å². The summed E-state index contributed by atoms with van der Waals surface area (Å²) >= 11 is 0. The molecule has 2 heterocycles. The van der Waals surface area contributed by atoms with Crippen LogP contribution < -0.4 is 10.1 Å². The van der Waals surface area contributed by atoms with Crippen LogP contribution in [0.2, 0.25) is 0 Å². The number of methoxy groups -OCH3 is 1. The molecule has 0 amide bonds. The zero-order chi connectivity index (χ0) is 10.5. The number of aromatic nitrogens is 1. The predicted octanol–water partition coefficient (Wildman–Crippen LogP) is 1.68. The van der Waals surface area contributed by atoms with E-state index in [1.165, 1.54) is 0 Å². The Hall–Kier alpha value is -0.550. The number of pyridine rings is 1. The average molecular weight is 281 g/mol. The molecule has 2 atom stereocenters. The molecule has 4 nitrogen and oxygen atoms in total. The van der Waals surface area contributed by atoms with Gasteiger partial charge < -0.3 is 14.8 Å². The number of rotatable bonds is 4. The number of hydrogen-bond acceptors (Lipinski definition) is 4. The lowest BCUT2D eigenvalue weighted by molar-refractivity contribution is 0.115. The van der Waals surface area contributed by atoms with E-state index >= 15 is 0 Å². The Morgan fingerprint density at radius 3 is 2.88 bits per heavy atom. The van der Waals surface area contributed by atoms with Crippen molar-refractivity contribution in [3.05, 3.63) is 24.5 Å². The van der Waals surface area contributed by atoms with Gasteiger partial charge in [-0.05, 0) is 18.6 Å². The van der Waals surface area contributed by atoms with Crippen molar-refractivity contribution in [2.45, 2.75) is 18.6 Å². The lowest BCUT2D eigenvalue weighted by Gasteiger charge is -2.11. The molecule has 6 heteroatoms. The van der Waals surface area contributed by atoms with Crippen molar-refractivity contribution in [1.82, 2.24) is 10.3 Å². The Balaban J connectivity index is 0.00000128. The molecule has 1 aliphatic rings. The van der Waals surface area contributed by atoms with E-state index in [0.717, 1.165) is 18.7 Å². The van der Waals surface area contributed by atoms with Gasteiger partial charge in [-0.15, -0.1) is 24.8 Å². The van der Waals surface area contributed by atoms with Crippen molar-refractivity contribution < 1.29 is 9.47 Å². The standard InChI is InChI=1S/C11H16N2O2.2ClH/c1-14-11-5-9(13-7-11)8-15-10-3-2-4-12-6-10;;/h2-4,6,9,11,13H,5,7-8H2,1H3;2*1H/t9?,11-;;/m0../s1. The highest BCUT2D eigenvalue weighted by molar-refractivity contribution is 5.85. The van der Waals surface area contributed by atoms with Gasteiger partial charge in [-0.1, -0.05) is 0 Å². The van der Waals surface area contributed by atoms with Gasteiger partial charge in [0.15, 0.2) is 0 Å². The van der Waals surface area contributed by atoms with Crippen molar-refractivity contribution in [3.63, 3.8) is 0 Å². The highest BCUT2D eigenvalue weighted by Gasteiger charge is 2.23. The Morgan fingerprint density at radius 2 is 2.29 bits per heavy atom. The second-order valence-electron chi connectivity index (χ2n) is 3.70. The molecule has 0 aliphatic carbocycles. The summed E-state index contributed by atoms with van der Waals surface area (Å²) in [7, 11) is 1.75. The number of hydrogen-bond donors (Lipinski definition) is 1. The summed E-state index contributed by atoms with van der Waals surface area (Å²) in [6, 6.07) is 4.17. The van der Waals surface area contributed by atoms with Gasteiger partial charge in [0, 0.05) is 25.9 Å². The summed E-state index contributed by atoms with van der Waals surface area (Å²) < 4.78 is 10.9. The number of halogens is 2. The van der Waals surface area contributed by atoms with Crippen molar-refractivity contribution in [3.8, 4) is 5.75 Å². The van der Waals surface area contributed by atoms with Gasteiger partial charge in [-0.3, -0.25) is 4.98 Å². The first-order valence-electron chi connectivity index (χ1n) is 5.17. The van der Waals surface area contributed by atoms with Crippen LogP contribution in [0.4, 0.5) is 0 Å². The molecule has 1 N–H and O–H groups in total. The first-order chi connectivity index (χ1) is 7.38. The summed E-state index contributed by atoms with van der Waals surface area (Å²) in [6.07, 6.45) is 4.80. The van der Waals surface area contributed by atoms with Gasteiger partial charge in [0.05, 0.1) is 12.3 Å². The number of nitrogens with zero attached hydrogens (tertiary/aromatic N) is 1. The fourth-order valence-electron chi connectivity index (χ4n) is 1.72. The molecule has 1 saturated heterocycles. The van der Waals surface area contributed by atoms with E-state index < -0.39 is 0 Å². The van der Waals surface area contributed by atoms with Crippen LogP contribution in [-0.2, 0) is 4.74 Å². The van der Waals surface area contributed by atoms with E-state index in [1.54, 1.807) is 19.5 Å². The first kappa shape index (κ1) is 16.4. The minimum atomic E-state index is 0. The minimum absolute atomic E-state index is 0. The van der Waals surface area contributed by atoms with Gasteiger partial charge in [-0.25, -0.2) is 0 Å². The predicted molar refractivity (Wildman–Crippen MR) is 71.4 cm³/mol. The summed E-state index contributed by atoms with van der Waals surface area (Å²) in [5, 5.41) is 3.36. The third-order valence-corrected chi connectivity index (χ3v) is 2.60. The van der Waals surface area contributed by atoms with Crippen LogP contribution in [-0.4, -0.2) is 37.4 Å². The monoisotopic (exact) mass is 280 g/mol. The van der Waals surface area contributed by atoms with Gasteiger partial charge in [0.1, 0.15) is 12.4 Å². The van der Waals surface area contributed by atoms with Crippen LogP contribution in [0.25, 0.3) is 0 Å². The highest BCUT2D eigenvalue weighted by Crippen LogP contribution is 2.12. The molecule has 17 heavy (non-hydrogen) atoms. The maximum Gasteiger partial charge on any atom is 0.137 e. The van der Waals surface area contributed by atoms with E-state index in [9.17, 15) is 0 Å². The normalized spacial score (nSPS) is 22.4. The van der Waals surface area contributed by atoms with Gasteiger partial charge in [-0.2, -0.15) is 0 Å². The van der Waals surface area contributed by atoms with E-state index in [4.69, 9.17) is 9.47 Å². The van der Waals surface area contributed by atoms with Crippen LogP contribution in [0.3, 0.4) is 0 Å². The van der Waals surface area contributed by atoms with Crippen LogP contribution in [0.1, 0.15) is 6.42 Å². The third kappa shape index (κ3) is 5.08. The molecule has 1 aromatic heterocycles. The number of ether oxygens (including phenoxy) is 2. The van der Waals surface area contributed by atoms with E-state index in [1.807, 2.05) is 12.1 Å². The summed E-state index contributed by atoms with van der Waals surface area (Å²) in [5.74, 6) is 0.820. The van der Waals surface area contributed by atoms with Crippen LogP contribution >= 0.6 is 24.8 Å². The second kappa shape index (κ2) is 8.53. The topological polar surface area (TPSA) is 43.4 Å². The summed E-state index contributed by atoms with van der Waals surface area (Å²) in [4.78, 5) is 3.99. The molecule has 1 fully saturated rings. The molecule has 0 bridgehead atoms. The SMILES string of the molecule is CO[C@@H]1CNC(COc2cccnc2)C1.Cl.Cl. The molecule has 0 spiro atoms. The van der Waals surface area contributed by atoms with Crippen molar-refractivity contribution in [1.29, 1.82) is 0 Å². The molecule has 98 valence electrons. The second-order valence-corrected chi connectivity index (χ2v) is 3.70. The van der Waals surface area contributed by atoms with Crippen molar-refractivity contribution >= 4 is 24.8 Å². The molecular formula is C11H18Cl2N2O2. The molecular weight excluding hydrogens is 263 g/mol. The molecule has 2 rings (SSSR count). The maximum atomic E-state index is 5.60. The fourth-order valence-corrected chi connectivity index (χ4v) is 1.72. The van der Waals surface area contributed by atoms with Crippen LogP contribution in [0, 0.1) is 0 Å². The lowest BCUT2D eigenvalue weighted by Crippen LogP contribution is -2.28. The number of nitrogens with one attached hydrogen (secondary N) is 1. The fraction of sp³-hybridized carbons (Fsp3) is 0.545. The molecule has 1 aliphatic heterocycles. The first-order valence-corrected chi connectivity index (χ1v) is 5.17. The highest BCUT2D eigenvalue weighted by atomic mass is 35.5. The van der Waals surface area contributed by atoms with Gasteiger partial charge in [0.2, 0.25) is 0 Å². The van der Waals surface area contributed by atoms with E-state index in [2.05, 4.69) is 10.3 Å². The Kier molecular flexibility index (Phi) is 8.25. The molecule has 1 unspecified atom stereocenters. The van der Waals surface area contributed by atoms with Crippen LogP contribution in [0.5, 0.6) is 5.75 Å². The van der Waals surface area contributed by atoms with E-state index in [-0.39, 0.29) is 24.8 Å². The molecule has 0 aromatic carbocycles. The quantitative estimate of drug-likeness (QED) is 0.912. The van der Waals surface area contributed by atoms with E-state index in [0.29, 0.717) is 18.8 Å². The van der Waals surface area contributed by atoms with Crippen molar-refractivity contribution in [2.24, 2.45) is 0 Å². The smallest absolute Gasteiger partial charge is 0.137 e. The Labute approximate surface area is 114 Å². The minimum Gasteiger partial charge on any atom is -0.490 e. The van der Waals surface area contributed by atoms with Crippen molar-refractivity contribution in [2.75, 3.05) is 20.3 Å². The zero-order valence-electron chi connectivity index (χ0n) is 9.67. The molecule has 0 radical (unpaired) electrons. The summed E-state index contributed by atoms with van der Waals surface area (Å²) in [5.41, 5.74) is 0. The summed E-state index contributed by atoms with van der Waals surface area (Å²) in [6.45, 7) is 1.59. The molecule has 0 saturated carbocycles. The Morgan fingerprint density at radius 1 is 1.47 bits per heavy atom. The Bertz CT molecular complexity index is 301. The largest absolute Gasteiger partial charge is 0.490 e.